The van der Waals surface area contributed by atoms with E-state index in [-0.39, 0.29) is 23.8 Å². The van der Waals surface area contributed by atoms with E-state index in [4.69, 9.17) is 0 Å². The van der Waals surface area contributed by atoms with Gasteiger partial charge in [-0.25, -0.2) is 0 Å². The summed E-state index contributed by atoms with van der Waals surface area (Å²) in [5.41, 5.74) is 2.05. The highest BCUT2D eigenvalue weighted by molar-refractivity contribution is 5.96. The topological polar surface area (TPSA) is 58.2 Å². The fraction of sp³-hybridized carbons (Fsp3) is 0.529. The lowest BCUT2D eigenvalue weighted by Gasteiger charge is -2.24. The van der Waals surface area contributed by atoms with E-state index in [2.05, 4.69) is 24.5 Å². The first-order valence-electron chi connectivity index (χ1n) is 7.65. The standard InChI is InChI=1S/C17H24N2O2/c1-11(2)12(3)18-16(20)9-8-14-10-13-6-4-5-7-15(13)19-17(14)21/h4-7,11-12,14H,8-10H2,1-3H3,(H,18,20)(H,19,21). The van der Waals surface area contributed by atoms with Gasteiger partial charge in [0.15, 0.2) is 0 Å². The predicted octanol–water partition coefficient (Wildman–Crippen LogP) is 2.74. The van der Waals surface area contributed by atoms with Crippen molar-refractivity contribution in [3.05, 3.63) is 29.8 Å². The molecule has 0 radical (unpaired) electrons. The zero-order valence-corrected chi connectivity index (χ0v) is 13.0. The Morgan fingerprint density at radius 2 is 2.05 bits per heavy atom. The van der Waals surface area contributed by atoms with Crippen molar-refractivity contribution in [2.75, 3.05) is 5.32 Å². The molecule has 1 aliphatic heterocycles. The highest BCUT2D eigenvalue weighted by atomic mass is 16.2. The van der Waals surface area contributed by atoms with Crippen molar-refractivity contribution >= 4 is 17.5 Å². The molecule has 0 saturated heterocycles. The van der Waals surface area contributed by atoms with Gasteiger partial charge in [-0.2, -0.15) is 0 Å². The molecule has 1 aromatic carbocycles. The Kier molecular flexibility index (Phi) is 4.99. The zero-order valence-electron chi connectivity index (χ0n) is 13.0. The molecule has 0 bridgehead atoms. The van der Waals surface area contributed by atoms with Crippen molar-refractivity contribution < 1.29 is 9.59 Å². The van der Waals surface area contributed by atoms with Crippen LogP contribution in [0, 0.1) is 11.8 Å². The first kappa shape index (κ1) is 15.5. The molecule has 4 nitrogen and oxygen atoms in total. The summed E-state index contributed by atoms with van der Waals surface area (Å²) >= 11 is 0. The minimum absolute atomic E-state index is 0.0263. The number of fused-ring (bicyclic) bond motifs is 1. The third-order valence-electron chi connectivity index (χ3n) is 4.22. The van der Waals surface area contributed by atoms with E-state index in [1.54, 1.807) is 0 Å². The van der Waals surface area contributed by atoms with Gasteiger partial charge in [-0.05, 0) is 37.3 Å². The summed E-state index contributed by atoms with van der Waals surface area (Å²) in [7, 11) is 0. The van der Waals surface area contributed by atoms with Gasteiger partial charge in [-0.3, -0.25) is 9.59 Å². The molecular formula is C17H24N2O2. The molecule has 4 heteroatoms. The highest BCUT2D eigenvalue weighted by Gasteiger charge is 2.26. The number of anilines is 1. The summed E-state index contributed by atoms with van der Waals surface area (Å²) in [4.78, 5) is 24.0. The molecule has 1 aliphatic rings. The second kappa shape index (κ2) is 6.74. The van der Waals surface area contributed by atoms with E-state index in [0.717, 1.165) is 17.7 Å². The molecule has 2 amide bonds. The third kappa shape index (κ3) is 4.06. The lowest BCUT2D eigenvalue weighted by atomic mass is 9.89. The number of benzene rings is 1. The van der Waals surface area contributed by atoms with Gasteiger partial charge in [0.2, 0.25) is 11.8 Å². The van der Waals surface area contributed by atoms with Gasteiger partial charge in [0.25, 0.3) is 0 Å². The Bertz CT molecular complexity index is 525. The number of hydrogen-bond acceptors (Lipinski definition) is 2. The maximum atomic E-state index is 12.1. The zero-order chi connectivity index (χ0) is 15.4. The van der Waals surface area contributed by atoms with Crippen LogP contribution in [0.2, 0.25) is 0 Å². The number of amides is 2. The van der Waals surface area contributed by atoms with Crippen LogP contribution in [0.25, 0.3) is 0 Å². The first-order valence-corrected chi connectivity index (χ1v) is 7.65. The molecule has 0 aromatic heterocycles. The fourth-order valence-corrected chi connectivity index (χ4v) is 2.44. The van der Waals surface area contributed by atoms with Gasteiger partial charge in [0, 0.05) is 24.1 Å². The number of para-hydroxylation sites is 1. The minimum Gasteiger partial charge on any atom is -0.353 e. The Morgan fingerprint density at radius 1 is 1.33 bits per heavy atom. The maximum Gasteiger partial charge on any atom is 0.227 e. The van der Waals surface area contributed by atoms with E-state index in [9.17, 15) is 9.59 Å². The molecular weight excluding hydrogens is 264 g/mol. The Labute approximate surface area is 126 Å². The number of hydrogen-bond donors (Lipinski definition) is 2. The summed E-state index contributed by atoms with van der Waals surface area (Å²) < 4.78 is 0. The van der Waals surface area contributed by atoms with Gasteiger partial charge in [0.05, 0.1) is 0 Å². The summed E-state index contributed by atoms with van der Waals surface area (Å²) in [5, 5.41) is 5.90. The van der Waals surface area contributed by atoms with E-state index >= 15 is 0 Å². The van der Waals surface area contributed by atoms with Crippen molar-refractivity contribution in [2.24, 2.45) is 11.8 Å². The fourth-order valence-electron chi connectivity index (χ4n) is 2.44. The highest BCUT2D eigenvalue weighted by Crippen LogP contribution is 2.27. The molecule has 1 aromatic rings. The summed E-state index contributed by atoms with van der Waals surface area (Å²) in [5.74, 6) is 0.361. The molecule has 1 heterocycles. The SMILES string of the molecule is CC(C)C(C)NC(=O)CCC1Cc2ccccc2NC1=O. The number of carbonyl (C=O) groups excluding carboxylic acids is 2. The van der Waals surface area contributed by atoms with Crippen LogP contribution < -0.4 is 10.6 Å². The van der Waals surface area contributed by atoms with Crippen LogP contribution in [0.1, 0.15) is 39.2 Å². The van der Waals surface area contributed by atoms with Crippen molar-refractivity contribution in [2.45, 2.75) is 46.1 Å². The third-order valence-corrected chi connectivity index (χ3v) is 4.22. The molecule has 0 fully saturated rings. The van der Waals surface area contributed by atoms with Gasteiger partial charge in [-0.1, -0.05) is 32.0 Å². The molecule has 0 aliphatic carbocycles. The van der Waals surface area contributed by atoms with Crippen LogP contribution in [0.4, 0.5) is 5.69 Å². The quantitative estimate of drug-likeness (QED) is 0.875. The Balaban J connectivity index is 1.87. The van der Waals surface area contributed by atoms with Crippen LogP contribution in [0.3, 0.4) is 0 Å². The van der Waals surface area contributed by atoms with Crippen LogP contribution in [0.15, 0.2) is 24.3 Å². The van der Waals surface area contributed by atoms with E-state index in [1.165, 1.54) is 0 Å². The average molecular weight is 288 g/mol. The molecule has 114 valence electrons. The van der Waals surface area contributed by atoms with Crippen molar-refractivity contribution in [3.8, 4) is 0 Å². The number of nitrogens with one attached hydrogen (secondary N) is 2. The largest absolute Gasteiger partial charge is 0.353 e. The van der Waals surface area contributed by atoms with Crippen LogP contribution in [-0.2, 0) is 16.0 Å². The smallest absolute Gasteiger partial charge is 0.227 e. The van der Waals surface area contributed by atoms with Gasteiger partial charge in [-0.15, -0.1) is 0 Å². The lowest BCUT2D eigenvalue weighted by Crippen LogP contribution is -2.37. The van der Waals surface area contributed by atoms with E-state index in [0.29, 0.717) is 18.8 Å². The molecule has 21 heavy (non-hydrogen) atoms. The van der Waals surface area contributed by atoms with Crippen LogP contribution in [0.5, 0.6) is 0 Å². The van der Waals surface area contributed by atoms with Gasteiger partial charge in [0.1, 0.15) is 0 Å². The maximum absolute atomic E-state index is 12.1. The lowest BCUT2D eigenvalue weighted by molar-refractivity contribution is -0.123. The second-order valence-electron chi connectivity index (χ2n) is 6.19. The van der Waals surface area contributed by atoms with Crippen LogP contribution >= 0.6 is 0 Å². The van der Waals surface area contributed by atoms with Crippen molar-refractivity contribution in [3.63, 3.8) is 0 Å². The monoisotopic (exact) mass is 288 g/mol. The molecule has 0 spiro atoms. The van der Waals surface area contributed by atoms with Gasteiger partial charge < -0.3 is 10.6 Å². The minimum atomic E-state index is -0.111. The Morgan fingerprint density at radius 3 is 2.76 bits per heavy atom. The van der Waals surface area contributed by atoms with E-state index < -0.39 is 0 Å². The molecule has 2 atom stereocenters. The van der Waals surface area contributed by atoms with E-state index in [1.807, 2.05) is 31.2 Å². The first-order chi connectivity index (χ1) is 9.97. The molecule has 2 unspecified atom stereocenters. The molecule has 0 saturated carbocycles. The average Bonchev–Trinajstić information content (AvgIpc) is 2.44. The molecule has 2 N–H and O–H groups in total. The van der Waals surface area contributed by atoms with Gasteiger partial charge >= 0.3 is 0 Å². The summed E-state index contributed by atoms with van der Waals surface area (Å²) in [6, 6.07) is 8.01. The second-order valence-corrected chi connectivity index (χ2v) is 6.19. The van der Waals surface area contributed by atoms with Crippen LogP contribution in [-0.4, -0.2) is 17.9 Å². The summed E-state index contributed by atoms with van der Waals surface area (Å²) in [6.45, 7) is 6.17. The van der Waals surface area contributed by atoms with Crippen molar-refractivity contribution in [1.29, 1.82) is 0 Å². The number of rotatable bonds is 5. The predicted molar refractivity (Wildman–Crippen MR) is 83.9 cm³/mol. The number of carbonyl (C=O) groups is 2. The van der Waals surface area contributed by atoms with Crippen molar-refractivity contribution in [1.82, 2.24) is 5.32 Å². The normalized spacial score (nSPS) is 18.9. The Hall–Kier alpha value is -1.84. The molecule has 2 rings (SSSR count). The summed E-state index contributed by atoms with van der Waals surface area (Å²) in [6.07, 6.45) is 1.71.